The summed E-state index contributed by atoms with van der Waals surface area (Å²) in [5.74, 6) is 2.41. The van der Waals surface area contributed by atoms with Crippen LogP contribution in [0.4, 0.5) is 0 Å². The molecule has 0 aliphatic rings. The molecule has 2 aromatic heterocycles. The molecule has 5 nitrogen and oxygen atoms in total. The topological polar surface area (TPSA) is 77.8 Å². The molecule has 0 fully saturated rings. The van der Waals surface area contributed by atoms with Crippen LogP contribution in [0.3, 0.4) is 0 Å². The summed E-state index contributed by atoms with van der Waals surface area (Å²) in [6, 6.07) is 3.78. The fourth-order valence-corrected chi connectivity index (χ4v) is 2.54. The molecule has 2 N–H and O–H groups in total. The highest BCUT2D eigenvalue weighted by atomic mass is 79.9. The standard InChI is InChI=1S/C15H21BrN4O/c1-10(2)11(7-8-17)3-6-14-19-15(20-21-14)13-5-4-12(16)9-18-13/h4-5,9-11H,3,6-8,17H2,1-2H3. The van der Waals surface area contributed by atoms with E-state index in [0.29, 0.717) is 23.6 Å². The molecule has 6 heteroatoms. The van der Waals surface area contributed by atoms with E-state index < -0.39 is 0 Å². The van der Waals surface area contributed by atoms with E-state index in [1.165, 1.54) is 0 Å². The van der Waals surface area contributed by atoms with Crippen molar-refractivity contribution >= 4 is 15.9 Å². The first-order valence-electron chi connectivity index (χ1n) is 7.24. The largest absolute Gasteiger partial charge is 0.339 e. The van der Waals surface area contributed by atoms with Gasteiger partial charge < -0.3 is 10.3 Å². The highest BCUT2D eigenvalue weighted by Crippen LogP contribution is 2.22. The van der Waals surface area contributed by atoms with Gasteiger partial charge in [0.2, 0.25) is 11.7 Å². The molecule has 0 spiro atoms. The van der Waals surface area contributed by atoms with E-state index in [4.69, 9.17) is 10.3 Å². The van der Waals surface area contributed by atoms with Crippen molar-refractivity contribution in [2.75, 3.05) is 6.54 Å². The average molecular weight is 353 g/mol. The molecular formula is C15H21BrN4O. The minimum Gasteiger partial charge on any atom is -0.339 e. The van der Waals surface area contributed by atoms with Gasteiger partial charge in [0.15, 0.2) is 0 Å². The van der Waals surface area contributed by atoms with Crippen LogP contribution in [0, 0.1) is 11.8 Å². The molecule has 0 radical (unpaired) electrons. The summed E-state index contributed by atoms with van der Waals surface area (Å²) in [5, 5.41) is 4.00. The van der Waals surface area contributed by atoms with Gasteiger partial charge in [-0.3, -0.25) is 4.98 Å². The SMILES string of the molecule is CC(C)C(CCN)CCc1nc(-c2ccc(Br)cn2)no1. The van der Waals surface area contributed by atoms with Gasteiger partial charge in [0.05, 0.1) is 0 Å². The van der Waals surface area contributed by atoms with Gasteiger partial charge >= 0.3 is 0 Å². The maximum Gasteiger partial charge on any atom is 0.227 e. The van der Waals surface area contributed by atoms with E-state index in [-0.39, 0.29) is 0 Å². The van der Waals surface area contributed by atoms with Crippen LogP contribution in [0.25, 0.3) is 11.5 Å². The van der Waals surface area contributed by atoms with Crippen LogP contribution in [0.1, 0.15) is 32.6 Å². The normalized spacial score (nSPS) is 12.8. The van der Waals surface area contributed by atoms with Crippen LogP contribution >= 0.6 is 15.9 Å². The van der Waals surface area contributed by atoms with Crippen molar-refractivity contribution < 1.29 is 4.52 Å². The molecule has 2 heterocycles. The Morgan fingerprint density at radius 2 is 2.10 bits per heavy atom. The molecule has 2 aromatic rings. The van der Waals surface area contributed by atoms with Crippen molar-refractivity contribution in [2.45, 2.75) is 33.1 Å². The Hall–Kier alpha value is -1.27. The highest BCUT2D eigenvalue weighted by Gasteiger charge is 2.15. The number of hydrogen-bond donors (Lipinski definition) is 1. The molecule has 0 saturated carbocycles. The molecule has 0 bridgehead atoms. The fourth-order valence-electron chi connectivity index (χ4n) is 2.30. The lowest BCUT2D eigenvalue weighted by molar-refractivity contribution is 0.313. The van der Waals surface area contributed by atoms with Crippen LogP contribution in [0.5, 0.6) is 0 Å². The summed E-state index contributed by atoms with van der Waals surface area (Å²) in [4.78, 5) is 8.68. The van der Waals surface area contributed by atoms with Crippen molar-refractivity contribution in [1.29, 1.82) is 0 Å². The summed E-state index contributed by atoms with van der Waals surface area (Å²) in [5.41, 5.74) is 6.38. The second kappa shape index (κ2) is 7.66. The molecule has 0 aliphatic carbocycles. The first-order valence-corrected chi connectivity index (χ1v) is 8.04. The predicted molar refractivity (Wildman–Crippen MR) is 85.5 cm³/mol. The van der Waals surface area contributed by atoms with Crippen LogP contribution in [0.2, 0.25) is 0 Å². The number of nitrogens with zero attached hydrogens (tertiary/aromatic N) is 3. The number of aryl methyl sites for hydroxylation is 1. The Bertz CT molecular complexity index is 553. The van der Waals surface area contributed by atoms with Gasteiger partial charge in [-0.2, -0.15) is 4.98 Å². The Morgan fingerprint density at radius 1 is 1.29 bits per heavy atom. The third-order valence-electron chi connectivity index (χ3n) is 3.63. The number of rotatable bonds is 7. The quantitative estimate of drug-likeness (QED) is 0.825. The first-order chi connectivity index (χ1) is 10.1. The van der Waals surface area contributed by atoms with Gasteiger partial charge in [-0.05, 0) is 59.3 Å². The van der Waals surface area contributed by atoms with E-state index in [9.17, 15) is 0 Å². The lowest BCUT2D eigenvalue weighted by atomic mass is 9.88. The summed E-state index contributed by atoms with van der Waals surface area (Å²) in [7, 11) is 0. The Morgan fingerprint density at radius 3 is 2.71 bits per heavy atom. The maximum absolute atomic E-state index is 5.66. The Kier molecular flexibility index (Phi) is 5.87. The molecular weight excluding hydrogens is 332 g/mol. The second-order valence-corrected chi connectivity index (χ2v) is 6.41. The number of nitrogens with two attached hydrogens (primary N) is 1. The van der Waals surface area contributed by atoms with E-state index in [1.54, 1.807) is 6.20 Å². The monoisotopic (exact) mass is 352 g/mol. The predicted octanol–water partition coefficient (Wildman–Crippen LogP) is 3.45. The smallest absolute Gasteiger partial charge is 0.227 e. The minimum atomic E-state index is 0.539. The van der Waals surface area contributed by atoms with E-state index >= 15 is 0 Å². The van der Waals surface area contributed by atoms with Gasteiger partial charge in [0.25, 0.3) is 0 Å². The minimum absolute atomic E-state index is 0.539. The summed E-state index contributed by atoms with van der Waals surface area (Å²) in [6.45, 7) is 5.18. The number of pyridine rings is 1. The van der Waals surface area contributed by atoms with Gasteiger partial charge in [-0.25, -0.2) is 0 Å². The maximum atomic E-state index is 5.66. The average Bonchev–Trinajstić information content (AvgIpc) is 2.92. The van der Waals surface area contributed by atoms with Crippen molar-refractivity contribution in [3.63, 3.8) is 0 Å². The van der Waals surface area contributed by atoms with E-state index in [2.05, 4.69) is 44.9 Å². The lowest BCUT2D eigenvalue weighted by Gasteiger charge is -2.18. The Labute approximate surface area is 133 Å². The zero-order chi connectivity index (χ0) is 15.2. The molecule has 114 valence electrons. The molecule has 21 heavy (non-hydrogen) atoms. The van der Waals surface area contributed by atoms with Crippen LogP contribution in [0.15, 0.2) is 27.3 Å². The van der Waals surface area contributed by atoms with Crippen molar-refractivity contribution in [2.24, 2.45) is 17.6 Å². The van der Waals surface area contributed by atoms with Crippen molar-refractivity contribution in [1.82, 2.24) is 15.1 Å². The summed E-state index contributed by atoms with van der Waals surface area (Å²) >= 11 is 3.36. The van der Waals surface area contributed by atoms with Crippen LogP contribution in [-0.4, -0.2) is 21.7 Å². The first kappa shape index (κ1) is 16.1. The highest BCUT2D eigenvalue weighted by molar-refractivity contribution is 9.10. The van der Waals surface area contributed by atoms with Gasteiger partial charge in [0, 0.05) is 17.1 Å². The third-order valence-corrected chi connectivity index (χ3v) is 4.10. The lowest BCUT2D eigenvalue weighted by Crippen LogP contribution is -2.15. The van der Waals surface area contributed by atoms with Crippen LogP contribution < -0.4 is 5.73 Å². The number of halogens is 1. The molecule has 0 amide bonds. The number of hydrogen-bond acceptors (Lipinski definition) is 5. The summed E-state index contributed by atoms with van der Waals surface area (Å²) < 4.78 is 6.24. The second-order valence-electron chi connectivity index (χ2n) is 5.49. The van der Waals surface area contributed by atoms with Crippen molar-refractivity contribution in [3.8, 4) is 11.5 Å². The van der Waals surface area contributed by atoms with Gasteiger partial charge in [-0.1, -0.05) is 19.0 Å². The van der Waals surface area contributed by atoms with E-state index in [1.807, 2.05) is 12.1 Å². The van der Waals surface area contributed by atoms with E-state index in [0.717, 1.165) is 36.0 Å². The van der Waals surface area contributed by atoms with Gasteiger partial charge in [-0.15, -0.1) is 0 Å². The zero-order valence-corrected chi connectivity index (χ0v) is 14.0. The third kappa shape index (κ3) is 4.61. The zero-order valence-electron chi connectivity index (χ0n) is 12.4. The molecule has 0 saturated heterocycles. The Balaban J connectivity index is 1.98. The summed E-state index contributed by atoms with van der Waals surface area (Å²) in [6.07, 6.45) is 4.56. The van der Waals surface area contributed by atoms with Gasteiger partial charge in [0.1, 0.15) is 5.69 Å². The van der Waals surface area contributed by atoms with Crippen molar-refractivity contribution in [3.05, 3.63) is 28.7 Å². The molecule has 1 unspecified atom stereocenters. The fraction of sp³-hybridized carbons (Fsp3) is 0.533. The molecule has 2 rings (SSSR count). The molecule has 0 aromatic carbocycles. The molecule has 0 aliphatic heterocycles. The van der Waals surface area contributed by atoms with Crippen LogP contribution in [-0.2, 0) is 6.42 Å². The molecule has 1 atom stereocenters. The number of aromatic nitrogens is 3.